The largest absolute Gasteiger partial charge is 0.331 e. The van der Waals surface area contributed by atoms with E-state index in [1.807, 2.05) is 60.6 Å². The van der Waals surface area contributed by atoms with Gasteiger partial charge >= 0.3 is 0 Å². The minimum atomic E-state index is -0.581. The highest BCUT2D eigenvalue weighted by molar-refractivity contribution is 7.99. The summed E-state index contributed by atoms with van der Waals surface area (Å²) in [6, 6.07) is 12.6. The zero-order valence-electron chi connectivity index (χ0n) is 29.8. The normalized spacial score (nSPS) is 13.6. The van der Waals surface area contributed by atoms with Crippen molar-refractivity contribution in [3.8, 4) is 11.3 Å². The number of aromatic nitrogens is 2. The van der Waals surface area contributed by atoms with Crippen LogP contribution < -0.4 is 5.73 Å². The molecule has 274 valence electrons. The standard InChI is InChI=1S/C39H49F2N5O4S/c1-39(2,3)37(38-43-33(31-24-29(40)16-17-32(31)41)26-44(38)25-28-12-6-4-7-13-28)46(22-11-20-42)36(50)27-51-23-9-5-8-14-30(47)15-10-21-45-34(48)18-19-35(45)49/h4,6-7,12-13,16-19,24,26,37H,5,8-11,14-15,20-23,25,27,42H2,1-3H3/t37-/m0/s1. The third kappa shape index (κ3) is 11.4. The van der Waals surface area contributed by atoms with Crippen LogP contribution >= 0.6 is 11.8 Å². The average Bonchev–Trinajstić information content (AvgIpc) is 3.64. The van der Waals surface area contributed by atoms with Gasteiger partial charge in [-0.2, -0.15) is 11.8 Å². The van der Waals surface area contributed by atoms with E-state index in [2.05, 4.69) is 0 Å². The molecule has 0 spiro atoms. The molecule has 0 bridgehead atoms. The predicted octanol–water partition coefficient (Wildman–Crippen LogP) is 6.71. The molecule has 51 heavy (non-hydrogen) atoms. The molecule has 0 radical (unpaired) electrons. The van der Waals surface area contributed by atoms with Gasteiger partial charge in [-0.05, 0) is 67.2 Å². The van der Waals surface area contributed by atoms with E-state index in [0.717, 1.165) is 53.7 Å². The van der Waals surface area contributed by atoms with Crippen molar-refractivity contribution >= 4 is 35.3 Å². The Bertz CT molecular complexity index is 1670. The molecule has 0 saturated carbocycles. The monoisotopic (exact) mass is 721 g/mol. The summed E-state index contributed by atoms with van der Waals surface area (Å²) in [4.78, 5) is 57.5. The van der Waals surface area contributed by atoms with Gasteiger partial charge in [0.2, 0.25) is 5.91 Å². The van der Waals surface area contributed by atoms with Crippen molar-refractivity contribution in [1.29, 1.82) is 0 Å². The first-order valence-corrected chi connectivity index (χ1v) is 18.7. The number of carbonyl (C=O) groups excluding carboxylic acids is 4. The van der Waals surface area contributed by atoms with Crippen LogP contribution in [0.3, 0.4) is 0 Å². The highest BCUT2D eigenvalue weighted by Gasteiger charge is 2.38. The number of ketones is 1. The van der Waals surface area contributed by atoms with Crippen molar-refractivity contribution in [3.05, 3.63) is 89.9 Å². The number of hydrogen-bond donors (Lipinski definition) is 1. The molecular formula is C39H49F2N5O4S. The Kier molecular flexibility index (Phi) is 14.7. The Morgan fingerprint density at radius 1 is 0.941 bits per heavy atom. The molecule has 4 rings (SSSR count). The molecule has 0 fully saturated rings. The smallest absolute Gasteiger partial charge is 0.253 e. The maximum atomic E-state index is 15.0. The number of nitrogens with zero attached hydrogens (tertiary/aromatic N) is 4. The Hall–Kier alpha value is -4.16. The SMILES string of the molecule is CC(C)(C)[C@H](c1nc(-c2cc(F)ccc2F)cn1Cc1ccccc1)N(CCCN)C(=O)CSCCCCCC(=O)CCCN1C(=O)C=CC1=O. The van der Waals surface area contributed by atoms with E-state index in [0.29, 0.717) is 56.8 Å². The fraction of sp³-hybridized carbons (Fsp3) is 0.462. The summed E-state index contributed by atoms with van der Waals surface area (Å²) >= 11 is 1.54. The number of Topliss-reactive ketones (excluding diaryl/α,β-unsaturated/α-hetero) is 1. The molecule has 0 unspecified atom stereocenters. The molecule has 0 saturated heterocycles. The first kappa shape index (κ1) is 39.6. The third-order valence-electron chi connectivity index (χ3n) is 8.72. The number of rotatable bonds is 20. The molecule has 2 aromatic carbocycles. The van der Waals surface area contributed by atoms with Crippen molar-refractivity contribution in [2.45, 2.75) is 78.3 Å². The van der Waals surface area contributed by atoms with Crippen molar-refractivity contribution in [3.63, 3.8) is 0 Å². The summed E-state index contributed by atoms with van der Waals surface area (Å²) in [7, 11) is 0. The van der Waals surface area contributed by atoms with Gasteiger partial charge in [0.15, 0.2) is 0 Å². The van der Waals surface area contributed by atoms with Crippen LogP contribution in [0.15, 0.2) is 66.9 Å². The lowest BCUT2D eigenvalue weighted by Gasteiger charge is -2.40. The maximum absolute atomic E-state index is 15.0. The van der Waals surface area contributed by atoms with Crippen LogP contribution in [0.2, 0.25) is 0 Å². The van der Waals surface area contributed by atoms with Gasteiger partial charge < -0.3 is 15.2 Å². The molecule has 0 aliphatic carbocycles. The lowest BCUT2D eigenvalue weighted by Crippen LogP contribution is -2.44. The number of hydrogen-bond acceptors (Lipinski definition) is 7. The summed E-state index contributed by atoms with van der Waals surface area (Å²) < 4.78 is 31.2. The van der Waals surface area contributed by atoms with E-state index in [1.54, 1.807) is 18.0 Å². The number of imide groups is 1. The van der Waals surface area contributed by atoms with Crippen LogP contribution in [0.1, 0.15) is 83.1 Å². The summed E-state index contributed by atoms with van der Waals surface area (Å²) in [5, 5.41) is 0. The number of unbranched alkanes of at least 4 members (excludes halogenated alkanes) is 2. The van der Waals surface area contributed by atoms with Crippen LogP contribution in [0.4, 0.5) is 8.78 Å². The van der Waals surface area contributed by atoms with Crippen LogP contribution in [0.5, 0.6) is 0 Å². The minimum Gasteiger partial charge on any atom is -0.331 e. The van der Waals surface area contributed by atoms with Crippen LogP contribution in [0, 0.1) is 17.0 Å². The summed E-state index contributed by atoms with van der Waals surface area (Å²) in [6.07, 6.45) is 8.48. The molecule has 1 aromatic heterocycles. The van der Waals surface area contributed by atoms with E-state index in [9.17, 15) is 28.0 Å². The molecule has 9 nitrogen and oxygen atoms in total. The van der Waals surface area contributed by atoms with Crippen LogP contribution in [-0.2, 0) is 25.7 Å². The van der Waals surface area contributed by atoms with E-state index in [1.165, 1.54) is 12.2 Å². The number of thioether (sulfide) groups is 1. The molecular weight excluding hydrogens is 673 g/mol. The fourth-order valence-electron chi connectivity index (χ4n) is 6.19. The number of halogens is 2. The van der Waals surface area contributed by atoms with Gasteiger partial charge in [0, 0.05) is 56.4 Å². The number of nitrogens with two attached hydrogens (primary N) is 1. The Balaban J connectivity index is 1.40. The number of benzene rings is 2. The molecule has 3 aromatic rings. The molecule has 2 heterocycles. The third-order valence-corrected chi connectivity index (χ3v) is 9.74. The fourth-order valence-corrected chi connectivity index (χ4v) is 7.08. The summed E-state index contributed by atoms with van der Waals surface area (Å²) in [6.45, 7) is 7.62. The first-order chi connectivity index (χ1) is 24.4. The van der Waals surface area contributed by atoms with Gasteiger partial charge in [0.1, 0.15) is 23.2 Å². The highest BCUT2D eigenvalue weighted by atomic mass is 32.2. The predicted molar refractivity (Wildman–Crippen MR) is 197 cm³/mol. The average molecular weight is 722 g/mol. The molecule has 1 aliphatic rings. The van der Waals surface area contributed by atoms with E-state index in [-0.39, 0.29) is 41.4 Å². The second-order valence-corrected chi connectivity index (χ2v) is 15.0. The topological polar surface area (TPSA) is 119 Å². The quantitative estimate of drug-likeness (QED) is 0.102. The van der Waals surface area contributed by atoms with Gasteiger partial charge in [-0.1, -0.05) is 57.5 Å². The van der Waals surface area contributed by atoms with Gasteiger partial charge in [0.25, 0.3) is 11.8 Å². The first-order valence-electron chi connectivity index (χ1n) is 17.6. The molecule has 12 heteroatoms. The second-order valence-electron chi connectivity index (χ2n) is 13.9. The van der Waals surface area contributed by atoms with E-state index >= 15 is 0 Å². The Labute approximate surface area is 303 Å². The maximum Gasteiger partial charge on any atom is 0.253 e. The van der Waals surface area contributed by atoms with Gasteiger partial charge in [0.05, 0.1) is 17.5 Å². The minimum absolute atomic E-state index is 0.0542. The van der Waals surface area contributed by atoms with Gasteiger partial charge in [-0.15, -0.1) is 0 Å². The molecule has 1 aliphatic heterocycles. The zero-order chi connectivity index (χ0) is 37.0. The van der Waals surface area contributed by atoms with Crippen LogP contribution in [0.25, 0.3) is 11.3 Å². The van der Waals surface area contributed by atoms with E-state index in [4.69, 9.17) is 10.7 Å². The van der Waals surface area contributed by atoms with Crippen molar-refractivity contribution in [1.82, 2.24) is 19.4 Å². The van der Waals surface area contributed by atoms with Crippen molar-refractivity contribution in [2.75, 3.05) is 31.1 Å². The van der Waals surface area contributed by atoms with Gasteiger partial charge in [-0.3, -0.25) is 24.1 Å². The van der Waals surface area contributed by atoms with Gasteiger partial charge in [-0.25, -0.2) is 13.8 Å². The number of amides is 3. The summed E-state index contributed by atoms with van der Waals surface area (Å²) in [5.74, 6) is -0.162. The second kappa shape index (κ2) is 18.9. The van der Waals surface area contributed by atoms with Crippen LogP contribution in [-0.4, -0.2) is 74.0 Å². The Morgan fingerprint density at radius 2 is 1.65 bits per heavy atom. The summed E-state index contributed by atoms with van der Waals surface area (Å²) in [5.41, 5.74) is 6.80. The van der Waals surface area contributed by atoms with E-state index < -0.39 is 23.1 Å². The number of carbonyl (C=O) groups is 4. The van der Waals surface area contributed by atoms with Crippen molar-refractivity contribution in [2.24, 2.45) is 11.1 Å². The van der Waals surface area contributed by atoms with Crippen molar-refractivity contribution < 1.29 is 28.0 Å². The molecule has 2 N–H and O–H groups in total. The lowest BCUT2D eigenvalue weighted by atomic mass is 9.84. The lowest BCUT2D eigenvalue weighted by molar-refractivity contribution is -0.137. The molecule has 3 amide bonds. The molecule has 1 atom stereocenters. The number of imidazole rings is 1. The Morgan fingerprint density at radius 3 is 2.33 bits per heavy atom. The highest BCUT2D eigenvalue weighted by Crippen LogP contribution is 2.40. The zero-order valence-corrected chi connectivity index (χ0v) is 30.6.